The average molecular weight is 364 g/mol. The molecule has 0 fully saturated rings. The van der Waals surface area contributed by atoms with Crippen LogP contribution in [0.4, 0.5) is 5.69 Å². The number of carbonyl (C=O) groups is 2. The number of benzene rings is 2. The largest absolute Gasteiger partial charge is 0.455 e. The molecule has 27 heavy (non-hydrogen) atoms. The van der Waals surface area contributed by atoms with E-state index in [9.17, 15) is 9.59 Å². The minimum atomic E-state index is -0.541. The molecule has 0 atom stereocenters. The lowest BCUT2D eigenvalue weighted by atomic mass is 10.1. The zero-order chi connectivity index (χ0) is 19.1. The second kappa shape index (κ2) is 8.80. The summed E-state index contributed by atoms with van der Waals surface area (Å²) in [7, 11) is 0. The first-order chi connectivity index (χ1) is 13.1. The molecule has 3 aromatic rings. The Morgan fingerprint density at radius 1 is 1.11 bits per heavy atom. The quantitative estimate of drug-likeness (QED) is 0.648. The number of oxazole rings is 1. The van der Waals surface area contributed by atoms with Gasteiger partial charge in [0, 0.05) is 11.3 Å². The first-order valence-electron chi connectivity index (χ1n) is 8.68. The van der Waals surface area contributed by atoms with Crippen LogP contribution in [0, 0.1) is 0 Å². The van der Waals surface area contributed by atoms with Crippen LogP contribution < -0.4 is 5.32 Å². The molecule has 1 N–H and O–H groups in total. The van der Waals surface area contributed by atoms with Crippen molar-refractivity contribution in [3.63, 3.8) is 0 Å². The maximum Gasteiger partial charge on any atom is 0.312 e. The van der Waals surface area contributed by atoms with Gasteiger partial charge in [0.2, 0.25) is 5.89 Å². The number of rotatable bonds is 7. The fraction of sp³-hybridized carbons (Fsp3) is 0.190. The molecule has 0 aliphatic heterocycles. The van der Waals surface area contributed by atoms with E-state index < -0.39 is 5.97 Å². The highest BCUT2D eigenvalue weighted by atomic mass is 16.5. The molecule has 1 heterocycles. The van der Waals surface area contributed by atoms with Gasteiger partial charge in [-0.1, -0.05) is 37.3 Å². The number of carbonyl (C=O) groups excluding carboxylic acids is 2. The number of amides is 1. The van der Waals surface area contributed by atoms with Crippen LogP contribution in [0.3, 0.4) is 0 Å². The third-order valence-corrected chi connectivity index (χ3v) is 3.88. The highest BCUT2D eigenvalue weighted by molar-refractivity contribution is 5.92. The minimum absolute atomic E-state index is 0.0606. The number of hydrogen-bond acceptors (Lipinski definition) is 5. The van der Waals surface area contributed by atoms with E-state index in [1.54, 1.807) is 6.07 Å². The van der Waals surface area contributed by atoms with Gasteiger partial charge in [0.15, 0.2) is 6.61 Å². The molecule has 138 valence electrons. The molecular weight excluding hydrogens is 344 g/mol. The standard InChI is InChI=1S/C21H20N2O4/c1-2-15-7-6-10-17(11-15)22-19(24)14-26-20(25)12-18-13-27-21(23-18)16-8-4-3-5-9-16/h3-11,13H,2,12,14H2,1H3,(H,22,24). The molecule has 0 radical (unpaired) electrons. The SMILES string of the molecule is CCc1cccc(NC(=O)COC(=O)Cc2coc(-c3ccccc3)n2)c1. The average Bonchev–Trinajstić information content (AvgIpc) is 3.15. The molecule has 6 heteroatoms. The fourth-order valence-corrected chi connectivity index (χ4v) is 2.51. The lowest BCUT2D eigenvalue weighted by Gasteiger charge is -2.07. The molecular formula is C21H20N2O4. The van der Waals surface area contributed by atoms with Crippen LogP contribution in [0.2, 0.25) is 0 Å². The summed E-state index contributed by atoms with van der Waals surface area (Å²) in [6.45, 7) is 1.69. The predicted octanol–water partition coefficient (Wildman–Crippen LogP) is 3.63. The monoisotopic (exact) mass is 364 g/mol. The molecule has 0 bridgehead atoms. The maximum atomic E-state index is 11.9. The van der Waals surface area contributed by atoms with Crippen molar-refractivity contribution in [1.82, 2.24) is 4.98 Å². The highest BCUT2D eigenvalue weighted by Crippen LogP contribution is 2.18. The Morgan fingerprint density at radius 3 is 2.70 bits per heavy atom. The third-order valence-electron chi connectivity index (χ3n) is 3.88. The molecule has 0 aliphatic rings. The van der Waals surface area contributed by atoms with Gasteiger partial charge in [-0.2, -0.15) is 0 Å². The van der Waals surface area contributed by atoms with Gasteiger partial charge in [0.05, 0.1) is 12.1 Å². The van der Waals surface area contributed by atoms with E-state index in [2.05, 4.69) is 10.3 Å². The van der Waals surface area contributed by atoms with Gasteiger partial charge in [-0.3, -0.25) is 9.59 Å². The smallest absolute Gasteiger partial charge is 0.312 e. The first kappa shape index (κ1) is 18.4. The number of nitrogens with one attached hydrogen (secondary N) is 1. The topological polar surface area (TPSA) is 81.4 Å². The second-order valence-electron chi connectivity index (χ2n) is 5.95. The Morgan fingerprint density at radius 2 is 1.93 bits per heavy atom. The number of hydrogen-bond donors (Lipinski definition) is 1. The van der Waals surface area contributed by atoms with Crippen molar-refractivity contribution >= 4 is 17.6 Å². The van der Waals surface area contributed by atoms with Crippen molar-refractivity contribution in [3.05, 3.63) is 72.1 Å². The fourth-order valence-electron chi connectivity index (χ4n) is 2.51. The summed E-state index contributed by atoms with van der Waals surface area (Å²) in [4.78, 5) is 28.1. The van der Waals surface area contributed by atoms with Gasteiger partial charge in [0.1, 0.15) is 6.26 Å². The van der Waals surface area contributed by atoms with Gasteiger partial charge < -0.3 is 14.5 Å². The van der Waals surface area contributed by atoms with Gasteiger partial charge in [-0.25, -0.2) is 4.98 Å². The lowest BCUT2D eigenvalue weighted by Crippen LogP contribution is -2.21. The zero-order valence-electron chi connectivity index (χ0n) is 15.0. The molecule has 0 unspecified atom stereocenters. The van der Waals surface area contributed by atoms with Gasteiger partial charge in [-0.05, 0) is 36.2 Å². The molecule has 1 aromatic heterocycles. The maximum absolute atomic E-state index is 11.9. The van der Waals surface area contributed by atoms with E-state index in [-0.39, 0.29) is 18.9 Å². The Kier molecular flexibility index (Phi) is 5.99. The molecule has 0 spiro atoms. The van der Waals surface area contributed by atoms with Crippen molar-refractivity contribution in [1.29, 1.82) is 0 Å². The Bertz CT molecular complexity index is 919. The molecule has 0 aliphatic carbocycles. The summed E-state index contributed by atoms with van der Waals surface area (Å²) in [5, 5.41) is 2.71. The number of esters is 1. The van der Waals surface area contributed by atoms with Gasteiger partial charge in [-0.15, -0.1) is 0 Å². The summed E-state index contributed by atoms with van der Waals surface area (Å²) in [5.74, 6) is -0.492. The normalized spacial score (nSPS) is 10.4. The summed E-state index contributed by atoms with van der Waals surface area (Å²) in [5.41, 5.74) is 3.07. The molecule has 2 aromatic carbocycles. The van der Waals surface area contributed by atoms with Crippen LogP contribution in [-0.4, -0.2) is 23.5 Å². The zero-order valence-corrected chi connectivity index (χ0v) is 15.0. The summed E-state index contributed by atoms with van der Waals surface area (Å²) in [6, 6.07) is 16.9. The number of ether oxygens (including phenoxy) is 1. The molecule has 0 saturated heterocycles. The van der Waals surface area contributed by atoms with E-state index >= 15 is 0 Å². The van der Waals surface area contributed by atoms with Crippen LogP contribution in [0.15, 0.2) is 65.3 Å². The van der Waals surface area contributed by atoms with Crippen LogP contribution >= 0.6 is 0 Å². The highest BCUT2D eigenvalue weighted by Gasteiger charge is 2.13. The molecule has 0 saturated carbocycles. The van der Waals surface area contributed by atoms with Crippen molar-refractivity contribution in [2.45, 2.75) is 19.8 Å². The van der Waals surface area contributed by atoms with Gasteiger partial charge >= 0.3 is 5.97 Å². The Hall–Kier alpha value is -3.41. The predicted molar refractivity (Wildman–Crippen MR) is 101 cm³/mol. The van der Waals surface area contributed by atoms with Crippen molar-refractivity contribution < 1.29 is 18.7 Å². The van der Waals surface area contributed by atoms with E-state index in [1.807, 2.05) is 55.5 Å². The summed E-state index contributed by atoms with van der Waals surface area (Å²) >= 11 is 0. The van der Waals surface area contributed by atoms with E-state index in [4.69, 9.17) is 9.15 Å². The van der Waals surface area contributed by atoms with Crippen LogP contribution in [0.1, 0.15) is 18.2 Å². The van der Waals surface area contributed by atoms with E-state index in [1.165, 1.54) is 6.26 Å². The number of aromatic nitrogens is 1. The van der Waals surface area contributed by atoms with Crippen molar-refractivity contribution in [2.75, 3.05) is 11.9 Å². The van der Waals surface area contributed by atoms with Crippen molar-refractivity contribution in [2.24, 2.45) is 0 Å². The van der Waals surface area contributed by atoms with Crippen molar-refractivity contribution in [3.8, 4) is 11.5 Å². The van der Waals surface area contributed by atoms with E-state index in [0.29, 0.717) is 17.3 Å². The third kappa shape index (κ3) is 5.28. The lowest BCUT2D eigenvalue weighted by molar-refractivity contribution is -0.146. The Labute approximate surface area is 157 Å². The van der Waals surface area contributed by atoms with Crippen LogP contribution in [0.25, 0.3) is 11.5 Å². The Balaban J connectivity index is 1.48. The number of anilines is 1. The van der Waals surface area contributed by atoms with Crippen LogP contribution in [0.5, 0.6) is 0 Å². The molecule has 3 rings (SSSR count). The first-order valence-corrected chi connectivity index (χ1v) is 8.68. The second-order valence-corrected chi connectivity index (χ2v) is 5.95. The summed E-state index contributed by atoms with van der Waals surface area (Å²) < 4.78 is 10.4. The molecule has 1 amide bonds. The number of nitrogens with zero attached hydrogens (tertiary/aromatic N) is 1. The minimum Gasteiger partial charge on any atom is -0.455 e. The van der Waals surface area contributed by atoms with Gasteiger partial charge in [0.25, 0.3) is 5.91 Å². The summed E-state index contributed by atoms with van der Waals surface area (Å²) in [6.07, 6.45) is 2.23. The van der Waals surface area contributed by atoms with Crippen LogP contribution in [-0.2, 0) is 27.2 Å². The molecule has 6 nitrogen and oxygen atoms in total. The number of aryl methyl sites for hydroxylation is 1. The van der Waals surface area contributed by atoms with E-state index in [0.717, 1.165) is 17.5 Å².